The van der Waals surface area contributed by atoms with Crippen LogP contribution in [0.1, 0.15) is 67.4 Å². The van der Waals surface area contributed by atoms with Gasteiger partial charge in [0.25, 0.3) is 0 Å². The van der Waals surface area contributed by atoms with Gasteiger partial charge in [-0.15, -0.1) is 16.9 Å². The van der Waals surface area contributed by atoms with Crippen molar-refractivity contribution in [3.8, 4) is 22.5 Å². The van der Waals surface area contributed by atoms with Crippen LogP contribution in [0, 0.1) is 16.7 Å². The molecule has 5 rings (SSSR count). The highest BCUT2D eigenvalue weighted by molar-refractivity contribution is 14.1. The maximum absolute atomic E-state index is 14.2. The summed E-state index contributed by atoms with van der Waals surface area (Å²) in [4.78, 5) is 57.3. The normalized spacial score (nSPS) is 16.4. The average Bonchev–Trinajstić information content (AvgIpc) is 3.55. The molecule has 2 aliphatic rings. The fourth-order valence-electron chi connectivity index (χ4n) is 5.96. The van der Waals surface area contributed by atoms with Crippen molar-refractivity contribution in [3.05, 3.63) is 54.1 Å². The van der Waals surface area contributed by atoms with Gasteiger partial charge in [-0.25, -0.2) is 4.68 Å². The van der Waals surface area contributed by atoms with Crippen molar-refractivity contribution >= 4 is 71.3 Å². The van der Waals surface area contributed by atoms with Crippen molar-refractivity contribution in [3.63, 3.8) is 0 Å². The third kappa shape index (κ3) is 6.81. The number of hydrogen-bond acceptors (Lipinski definition) is 7. The van der Waals surface area contributed by atoms with E-state index in [4.69, 9.17) is 0 Å². The van der Waals surface area contributed by atoms with Gasteiger partial charge in [-0.3, -0.25) is 22.3 Å². The molecule has 0 saturated carbocycles. The van der Waals surface area contributed by atoms with Crippen LogP contribution in [-0.2, 0) is 27.5 Å². The second kappa shape index (κ2) is 14.0. The van der Waals surface area contributed by atoms with E-state index in [1.165, 1.54) is 11.8 Å². The molecule has 1 fully saturated rings. The second-order valence-electron chi connectivity index (χ2n) is 14.6. The summed E-state index contributed by atoms with van der Waals surface area (Å²) in [6, 6.07) is 15.6. The minimum absolute atomic E-state index is 0.0223. The number of anilines is 1. The Balaban J connectivity index is 1.39. The lowest BCUT2D eigenvalue weighted by molar-refractivity contribution is -0.140. The summed E-state index contributed by atoms with van der Waals surface area (Å²) in [7, 11) is -0.354. The zero-order chi connectivity index (χ0) is 35.1. The van der Waals surface area contributed by atoms with Crippen LogP contribution in [0.3, 0.4) is 0 Å². The number of benzene rings is 2. The number of hydrogen-bond donors (Lipinski definition) is 0. The fourth-order valence-corrected chi connectivity index (χ4v) is 8.07. The molecule has 10 nitrogen and oxygen atoms in total. The Bertz CT molecular complexity index is 1740. The van der Waals surface area contributed by atoms with Crippen LogP contribution < -0.4 is 4.90 Å². The number of halogens is 1. The van der Waals surface area contributed by atoms with Crippen LogP contribution in [0.2, 0.25) is 0 Å². The first-order valence-corrected chi connectivity index (χ1v) is 18.4. The van der Waals surface area contributed by atoms with Gasteiger partial charge in [0, 0.05) is 35.9 Å². The molecule has 1 unspecified atom stereocenters. The maximum atomic E-state index is 14.2. The lowest BCUT2D eigenvalue weighted by Crippen LogP contribution is -2.48. The van der Waals surface area contributed by atoms with E-state index in [2.05, 4.69) is 47.0 Å². The summed E-state index contributed by atoms with van der Waals surface area (Å²) in [6.07, 6.45) is 0.0223. The number of amides is 4. The molecule has 1 saturated heterocycles. The van der Waals surface area contributed by atoms with Crippen molar-refractivity contribution in [2.24, 2.45) is 16.7 Å². The van der Waals surface area contributed by atoms with Gasteiger partial charge < -0.3 is 9.71 Å². The SMILES string of the molecule is CC(C)Cn1nnc2c1-c1ccccc1N(C(=O)BN1C(=O)CC(SCC(C)(C)C(C)(C)C(=O)N(I)C(C)C)C1=O)Cc1ccccc1-2. The first-order valence-electron chi connectivity index (χ1n) is 16.4. The van der Waals surface area contributed by atoms with Crippen molar-refractivity contribution in [2.75, 3.05) is 10.7 Å². The highest BCUT2D eigenvalue weighted by atomic mass is 127. The van der Waals surface area contributed by atoms with Crippen LogP contribution in [0.25, 0.3) is 22.5 Å². The van der Waals surface area contributed by atoms with Gasteiger partial charge in [0.1, 0.15) is 5.69 Å². The first-order chi connectivity index (χ1) is 22.5. The minimum Gasteiger partial charge on any atom is -0.320 e. The Morgan fingerprint density at radius 1 is 1.02 bits per heavy atom. The van der Waals surface area contributed by atoms with E-state index >= 15 is 0 Å². The van der Waals surface area contributed by atoms with Gasteiger partial charge in [0.15, 0.2) is 0 Å². The van der Waals surface area contributed by atoms with E-state index < -0.39 is 16.1 Å². The molecular formula is C35H44BIN6O4S. The van der Waals surface area contributed by atoms with Gasteiger partial charge >= 0.3 is 7.41 Å². The van der Waals surface area contributed by atoms with E-state index in [1.807, 2.05) is 94.8 Å². The summed E-state index contributed by atoms with van der Waals surface area (Å²) in [5, 5.41) is 8.50. The van der Waals surface area contributed by atoms with Crippen LogP contribution in [-0.4, -0.2) is 70.9 Å². The highest BCUT2D eigenvalue weighted by Crippen LogP contribution is 2.45. The van der Waals surface area contributed by atoms with Crippen LogP contribution in [0.15, 0.2) is 48.5 Å². The molecule has 4 amide bonds. The Hall–Kier alpha value is -3.20. The predicted molar refractivity (Wildman–Crippen MR) is 201 cm³/mol. The summed E-state index contributed by atoms with van der Waals surface area (Å²) in [5.74, 6) is -0.236. The molecule has 3 aromatic rings. The molecule has 254 valence electrons. The third-order valence-electron chi connectivity index (χ3n) is 9.64. The van der Waals surface area contributed by atoms with E-state index in [1.54, 1.807) is 8.01 Å². The number of thioether (sulfide) groups is 1. The molecule has 0 radical (unpaired) electrons. The van der Waals surface area contributed by atoms with Crippen LogP contribution in [0.5, 0.6) is 0 Å². The summed E-state index contributed by atoms with van der Waals surface area (Å²) in [5.41, 5.74) is 3.69. The minimum atomic E-state index is -0.706. The fraction of sp³-hybridized carbons (Fsp3) is 0.486. The van der Waals surface area contributed by atoms with E-state index in [0.29, 0.717) is 23.9 Å². The Morgan fingerprint density at radius 2 is 1.67 bits per heavy atom. The van der Waals surface area contributed by atoms with Crippen molar-refractivity contribution in [1.29, 1.82) is 0 Å². The second-order valence-corrected chi connectivity index (χ2v) is 16.8. The number of rotatable bonds is 10. The predicted octanol–water partition coefficient (Wildman–Crippen LogP) is 6.56. The zero-order valence-corrected chi connectivity index (χ0v) is 32.0. The van der Waals surface area contributed by atoms with Crippen LogP contribution >= 0.6 is 34.6 Å². The molecule has 13 heteroatoms. The monoisotopic (exact) mass is 782 g/mol. The smallest absolute Gasteiger partial charge is 0.320 e. The lowest BCUT2D eigenvalue weighted by atomic mass is 9.68. The third-order valence-corrected chi connectivity index (χ3v) is 12.9. The topological polar surface area (TPSA) is 109 Å². The van der Waals surface area contributed by atoms with Gasteiger partial charge in [0.2, 0.25) is 23.5 Å². The van der Waals surface area contributed by atoms with E-state index in [0.717, 1.165) is 32.9 Å². The van der Waals surface area contributed by atoms with Gasteiger partial charge in [0.05, 0.1) is 51.5 Å². The largest absolute Gasteiger partial charge is 0.355 e. The molecule has 0 aliphatic carbocycles. The van der Waals surface area contributed by atoms with E-state index in [-0.39, 0.29) is 49.9 Å². The Kier molecular flexibility index (Phi) is 10.5. The number of para-hydroxylation sites is 1. The molecule has 0 spiro atoms. The molecule has 0 bridgehead atoms. The lowest BCUT2D eigenvalue weighted by Gasteiger charge is -2.42. The zero-order valence-electron chi connectivity index (χ0n) is 29.0. The number of nitrogens with zero attached hydrogens (tertiary/aromatic N) is 6. The van der Waals surface area contributed by atoms with E-state index in [9.17, 15) is 19.2 Å². The number of aromatic nitrogens is 3. The maximum Gasteiger partial charge on any atom is 0.355 e. The molecule has 1 aromatic heterocycles. The van der Waals surface area contributed by atoms with Gasteiger partial charge in [-0.05, 0) is 36.8 Å². The molecular weight excluding hydrogens is 738 g/mol. The first kappa shape index (κ1) is 36.1. The number of carbonyl (C=O) groups is 4. The van der Waals surface area contributed by atoms with Crippen LogP contribution in [0.4, 0.5) is 10.5 Å². The standard InChI is InChI=1S/C35H44BIN6O4S/c1-21(2)18-41-30-25-15-11-12-16-26(25)40(19-23-13-9-10-14-24(23)29(30)38-39-41)33(47)36-42-28(44)17-27(31(42)45)48-20-34(5,6)35(7,8)32(46)43(37)22(3)4/h9-16,21-22,27,36H,17-20H2,1-8H3. The molecule has 3 heterocycles. The van der Waals surface area contributed by atoms with Gasteiger partial charge in [-0.1, -0.05) is 89.2 Å². The summed E-state index contributed by atoms with van der Waals surface area (Å²) in [6.45, 7) is 17.0. The summed E-state index contributed by atoms with van der Waals surface area (Å²) < 4.78 is 3.62. The number of fused-ring (bicyclic) bond motifs is 5. The number of imide groups is 1. The highest BCUT2D eigenvalue weighted by Gasteiger charge is 2.48. The Morgan fingerprint density at radius 3 is 2.33 bits per heavy atom. The van der Waals surface area contributed by atoms with Crippen molar-refractivity contribution in [2.45, 2.75) is 86.2 Å². The van der Waals surface area contributed by atoms with Crippen molar-refractivity contribution in [1.82, 2.24) is 22.9 Å². The van der Waals surface area contributed by atoms with Gasteiger partial charge in [-0.2, -0.15) is 0 Å². The molecule has 1 atom stereocenters. The molecule has 2 aliphatic heterocycles. The molecule has 2 aromatic carbocycles. The molecule has 48 heavy (non-hydrogen) atoms. The average molecular weight is 783 g/mol. The van der Waals surface area contributed by atoms with Crippen molar-refractivity contribution < 1.29 is 19.2 Å². The molecule has 0 N–H and O–H groups in total. The quantitative estimate of drug-likeness (QED) is 0.0993. The number of carbonyl (C=O) groups excluding carboxylic acids is 4. The summed E-state index contributed by atoms with van der Waals surface area (Å²) >= 11 is 3.46. The Labute approximate surface area is 302 Å².